The van der Waals surface area contributed by atoms with Crippen LogP contribution in [0.2, 0.25) is 0 Å². The molecule has 0 aliphatic heterocycles. The van der Waals surface area contributed by atoms with E-state index in [1.807, 2.05) is 30.3 Å². The Labute approximate surface area is 104 Å². The summed E-state index contributed by atoms with van der Waals surface area (Å²) in [6.07, 6.45) is 0.222. The lowest BCUT2D eigenvalue weighted by molar-refractivity contribution is 0.362. The largest absolute Gasteiger partial charge is 0.504 e. The van der Waals surface area contributed by atoms with Gasteiger partial charge in [-0.1, -0.05) is 30.3 Å². The highest BCUT2D eigenvalue weighted by molar-refractivity contribution is 5.64. The van der Waals surface area contributed by atoms with Crippen LogP contribution in [0.3, 0.4) is 0 Å². The Morgan fingerprint density at radius 3 is 1.78 bits per heavy atom. The van der Waals surface area contributed by atoms with Crippen molar-refractivity contribution in [2.75, 3.05) is 0 Å². The predicted octanol–water partition coefficient (Wildman–Crippen LogP) is 2.41. The molecule has 0 radical (unpaired) electrons. The molecule has 2 aromatic carbocycles. The van der Waals surface area contributed by atoms with Crippen LogP contribution in [0.1, 0.15) is 16.7 Å². The molecule has 0 fully saturated rings. The normalized spacial score (nSPS) is 10.5. The van der Waals surface area contributed by atoms with E-state index in [1.165, 1.54) is 6.92 Å². The second kappa shape index (κ2) is 4.49. The van der Waals surface area contributed by atoms with Gasteiger partial charge >= 0.3 is 0 Å². The van der Waals surface area contributed by atoms with Crippen molar-refractivity contribution in [3.8, 4) is 23.0 Å². The summed E-state index contributed by atoms with van der Waals surface area (Å²) < 4.78 is 0. The first kappa shape index (κ1) is 12.1. The Morgan fingerprint density at radius 1 is 0.778 bits per heavy atom. The van der Waals surface area contributed by atoms with Gasteiger partial charge in [-0.3, -0.25) is 0 Å². The van der Waals surface area contributed by atoms with E-state index in [0.29, 0.717) is 0 Å². The fourth-order valence-electron chi connectivity index (χ4n) is 1.83. The SMILES string of the molecule is Cc1c(O)c(O)c(Cc2ccccc2)c(O)c1O. The number of hydrogen-bond donors (Lipinski definition) is 4. The Hall–Kier alpha value is -2.36. The third-order valence-electron chi connectivity index (χ3n) is 2.95. The average Bonchev–Trinajstić information content (AvgIpc) is 2.40. The van der Waals surface area contributed by atoms with Gasteiger partial charge in [0.25, 0.3) is 0 Å². The van der Waals surface area contributed by atoms with Gasteiger partial charge in [-0.05, 0) is 12.5 Å². The maximum atomic E-state index is 9.82. The first-order valence-electron chi connectivity index (χ1n) is 5.51. The third-order valence-corrected chi connectivity index (χ3v) is 2.95. The Bertz CT molecular complexity index is 547. The summed E-state index contributed by atoms with van der Waals surface area (Å²) in [5.74, 6) is -1.61. The van der Waals surface area contributed by atoms with Gasteiger partial charge in [0, 0.05) is 17.5 Å². The first-order chi connectivity index (χ1) is 8.52. The molecule has 4 nitrogen and oxygen atoms in total. The van der Waals surface area contributed by atoms with Crippen molar-refractivity contribution in [2.24, 2.45) is 0 Å². The van der Waals surface area contributed by atoms with Crippen LogP contribution in [0.25, 0.3) is 0 Å². The van der Waals surface area contributed by atoms with Crippen LogP contribution in [0.5, 0.6) is 23.0 Å². The predicted molar refractivity (Wildman–Crippen MR) is 67.1 cm³/mol. The van der Waals surface area contributed by atoms with E-state index in [0.717, 1.165) is 5.56 Å². The monoisotopic (exact) mass is 246 g/mol. The van der Waals surface area contributed by atoms with E-state index in [2.05, 4.69) is 0 Å². The Kier molecular flexibility index (Phi) is 3.02. The lowest BCUT2D eigenvalue weighted by Crippen LogP contribution is -1.92. The van der Waals surface area contributed by atoms with Crippen LogP contribution >= 0.6 is 0 Å². The smallest absolute Gasteiger partial charge is 0.165 e. The summed E-state index contributed by atoms with van der Waals surface area (Å²) in [4.78, 5) is 0. The van der Waals surface area contributed by atoms with Crippen molar-refractivity contribution in [3.05, 3.63) is 47.0 Å². The highest BCUT2D eigenvalue weighted by Crippen LogP contribution is 2.46. The van der Waals surface area contributed by atoms with E-state index in [-0.39, 0.29) is 17.5 Å². The van der Waals surface area contributed by atoms with Crippen molar-refractivity contribution < 1.29 is 20.4 Å². The van der Waals surface area contributed by atoms with Gasteiger partial charge in [0.2, 0.25) is 0 Å². The van der Waals surface area contributed by atoms with Crippen LogP contribution in [-0.2, 0) is 6.42 Å². The van der Waals surface area contributed by atoms with E-state index >= 15 is 0 Å². The standard InChI is InChI=1S/C14H14O4/c1-8-11(15)13(17)10(14(18)12(8)16)7-9-5-3-2-4-6-9/h2-6,15-18H,7H2,1H3. The Balaban J connectivity index is 2.52. The molecule has 0 aromatic heterocycles. The minimum Gasteiger partial charge on any atom is -0.504 e. The number of rotatable bonds is 2. The first-order valence-corrected chi connectivity index (χ1v) is 5.51. The fraction of sp³-hybridized carbons (Fsp3) is 0.143. The number of phenols is 4. The molecular formula is C14H14O4. The van der Waals surface area contributed by atoms with Crippen LogP contribution in [0, 0.1) is 6.92 Å². The molecule has 0 saturated carbocycles. The zero-order valence-electron chi connectivity index (χ0n) is 9.88. The highest BCUT2D eigenvalue weighted by atomic mass is 16.3. The lowest BCUT2D eigenvalue weighted by atomic mass is 9.99. The van der Waals surface area contributed by atoms with Crippen LogP contribution in [0.15, 0.2) is 30.3 Å². The van der Waals surface area contributed by atoms with E-state index in [1.54, 1.807) is 0 Å². The van der Waals surface area contributed by atoms with Crippen molar-refractivity contribution in [3.63, 3.8) is 0 Å². The van der Waals surface area contributed by atoms with Gasteiger partial charge in [-0.15, -0.1) is 0 Å². The van der Waals surface area contributed by atoms with E-state index in [9.17, 15) is 20.4 Å². The average molecular weight is 246 g/mol. The van der Waals surface area contributed by atoms with Crippen molar-refractivity contribution in [1.82, 2.24) is 0 Å². The number of hydrogen-bond acceptors (Lipinski definition) is 4. The summed E-state index contributed by atoms with van der Waals surface area (Å²) in [5, 5.41) is 38.9. The molecule has 4 heteroatoms. The van der Waals surface area contributed by atoms with Crippen LogP contribution < -0.4 is 0 Å². The molecule has 94 valence electrons. The molecule has 2 aromatic rings. The molecular weight excluding hydrogens is 232 g/mol. The number of aromatic hydroxyl groups is 4. The van der Waals surface area contributed by atoms with Gasteiger partial charge < -0.3 is 20.4 Å². The summed E-state index contributed by atoms with van der Waals surface area (Å²) in [6.45, 7) is 1.41. The fourth-order valence-corrected chi connectivity index (χ4v) is 1.83. The maximum absolute atomic E-state index is 9.82. The van der Waals surface area contributed by atoms with Crippen molar-refractivity contribution in [2.45, 2.75) is 13.3 Å². The molecule has 0 aliphatic rings. The number of phenolic OH excluding ortho intramolecular Hbond substituents is 4. The molecule has 0 unspecified atom stereocenters. The van der Waals surface area contributed by atoms with Crippen LogP contribution in [0.4, 0.5) is 0 Å². The molecule has 0 aliphatic carbocycles. The van der Waals surface area contributed by atoms with Crippen LogP contribution in [-0.4, -0.2) is 20.4 Å². The molecule has 0 heterocycles. The minimum absolute atomic E-state index is 0.0572. The zero-order chi connectivity index (χ0) is 13.3. The summed E-state index contributed by atoms with van der Waals surface area (Å²) in [7, 11) is 0. The molecule has 18 heavy (non-hydrogen) atoms. The molecule has 0 atom stereocenters. The summed E-state index contributed by atoms with van der Waals surface area (Å²) in [6, 6.07) is 9.17. The topological polar surface area (TPSA) is 80.9 Å². The van der Waals surface area contributed by atoms with Crippen molar-refractivity contribution >= 4 is 0 Å². The number of benzene rings is 2. The van der Waals surface area contributed by atoms with Crippen molar-refractivity contribution in [1.29, 1.82) is 0 Å². The van der Waals surface area contributed by atoms with E-state index in [4.69, 9.17) is 0 Å². The second-order valence-corrected chi connectivity index (χ2v) is 4.16. The quantitative estimate of drug-likeness (QED) is 0.484. The lowest BCUT2D eigenvalue weighted by Gasteiger charge is -2.13. The van der Waals surface area contributed by atoms with Gasteiger partial charge in [-0.2, -0.15) is 0 Å². The highest BCUT2D eigenvalue weighted by Gasteiger charge is 2.20. The maximum Gasteiger partial charge on any atom is 0.165 e. The molecule has 4 N–H and O–H groups in total. The van der Waals surface area contributed by atoms with Gasteiger partial charge in [0.05, 0.1) is 0 Å². The zero-order valence-corrected chi connectivity index (χ0v) is 9.88. The molecule has 0 spiro atoms. The Morgan fingerprint density at radius 2 is 1.28 bits per heavy atom. The molecule has 0 saturated heterocycles. The van der Waals surface area contributed by atoms with Gasteiger partial charge in [0.15, 0.2) is 23.0 Å². The third kappa shape index (κ3) is 1.93. The minimum atomic E-state index is -0.406. The second-order valence-electron chi connectivity index (χ2n) is 4.16. The summed E-state index contributed by atoms with van der Waals surface area (Å²) in [5.41, 5.74) is 1.02. The molecule has 0 bridgehead atoms. The summed E-state index contributed by atoms with van der Waals surface area (Å²) >= 11 is 0. The molecule has 2 rings (SSSR count). The van der Waals surface area contributed by atoms with Gasteiger partial charge in [0.1, 0.15) is 0 Å². The van der Waals surface area contributed by atoms with Gasteiger partial charge in [-0.25, -0.2) is 0 Å². The van der Waals surface area contributed by atoms with E-state index < -0.39 is 23.0 Å². The molecule has 0 amide bonds.